The van der Waals surface area contributed by atoms with Crippen LogP contribution in [0.15, 0.2) is 24.3 Å². The molecule has 0 bridgehead atoms. The smallest absolute Gasteiger partial charge is 0.148 e. The van der Waals surface area contributed by atoms with Crippen molar-refractivity contribution in [1.29, 1.82) is 0 Å². The van der Waals surface area contributed by atoms with E-state index in [1.54, 1.807) is 6.07 Å². The van der Waals surface area contributed by atoms with Gasteiger partial charge in [-0.25, -0.2) is 12.8 Å². The lowest BCUT2D eigenvalue weighted by Gasteiger charge is -2.37. The van der Waals surface area contributed by atoms with Crippen molar-refractivity contribution >= 4 is 26.4 Å². The van der Waals surface area contributed by atoms with E-state index in [-0.39, 0.29) is 17.0 Å². The Bertz CT molecular complexity index is 877. The van der Waals surface area contributed by atoms with Crippen LogP contribution in [0.25, 0.3) is 10.9 Å². The molecule has 1 fully saturated rings. The summed E-state index contributed by atoms with van der Waals surface area (Å²) in [6.45, 7) is 3.50. The number of fused-ring (bicyclic) bond motifs is 1. The number of anilines is 1. The molecule has 1 saturated heterocycles. The fourth-order valence-corrected chi connectivity index (χ4v) is 5.00. The zero-order valence-corrected chi connectivity index (χ0v) is 15.3. The Balaban J connectivity index is 1.90. The van der Waals surface area contributed by atoms with Gasteiger partial charge in [-0.15, -0.1) is 0 Å². The van der Waals surface area contributed by atoms with Crippen LogP contribution in [0.5, 0.6) is 0 Å². The van der Waals surface area contributed by atoms with E-state index in [0.29, 0.717) is 43.5 Å². The number of benzene rings is 1. The van der Waals surface area contributed by atoms with Crippen LogP contribution < -0.4 is 5.32 Å². The molecule has 0 unspecified atom stereocenters. The summed E-state index contributed by atoms with van der Waals surface area (Å²) in [5.41, 5.74) is 1.95. The zero-order chi connectivity index (χ0) is 18.1. The predicted molar refractivity (Wildman–Crippen MR) is 97.1 cm³/mol. The highest BCUT2D eigenvalue weighted by Crippen LogP contribution is 2.33. The number of hydrogen-bond donors (Lipinski definition) is 1. The molecule has 25 heavy (non-hydrogen) atoms. The van der Waals surface area contributed by atoms with Gasteiger partial charge in [0.05, 0.1) is 11.3 Å². The number of pyridine rings is 1. The molecular formula is C18H23FN2O3S. The molecule has 0 atom stereocenters. The highest BCUT2D eigenvalue weighted by atomic mass is 32.2. The Labute approximate surface area is 147 Å². The monoisotopic (exact) mass is 366 g/mol. The fraction of sp³-hybridized carbons (Fsp3) is 0.500. The number of rotatable bonds is 5. The lowest BCUT2D eigenvalue weighted by Crippen LogP contribution is -2.41. The Morgan fingerprint density at radius 1 is 1.28 bits per heavy atom. The fourth-order valence-electron chi connectivity index (χ4n) is 3.49. The minimum absolute atomic E-state index is 0.118. The molecule has 0 aliphatic carbocycles. The summed E-state index contributed by atoms with van der Waals surface area (Å²) in [4.78, 5) is 4.43. The first kappa shape index (κ1) is 18.1. The molecule has 1 aromatic carbocycles. The molecule has 1 aliphatic heterocycles. The van der Waals surface area contributed by atoms with Gasteiger partial charge in [-0.05, 0) is 44.0 Å². The van der Waals surface area contributed by atoms with Gasteiger partial charge in [0.15, 0.2) is 0 Å². The SMILES string of the molecule is Cc1cc(NCC2(CS(C)(=O)=O)CCOCC2)c2cc(F)ccc2n1. The predicted octanol–water partition coefficient (Wildman–Crippen LogP) is 2.94. The lowest BCUT2D eigenvalue weighted by molar-refractivity contribution is 0.0315. The molecule has 1 N–H and O–H groups in total. The van der Waals surface area contributed by atoms with Gasteiger partial charge in [-0.1, -0.05) is 0 Å². The van der Waals surface area contributed by atoms with Crippen molar-refractivity contribution in [2.45, 2.75) is 19.8 Å². The number of aryl methyl sites for hydroxylation is 1. The highest BCUT2D eigenvalue weighted by Gasteiger charge is 2.36. The van der Waals surface area contributed by atoms with Crippen LogP contribution in [-0.2, 0) is 14.6 Å². The maximum Gasteiger partial charge on any atom is 0.148 e. The number of sulfone groups is 1. The summed E-state index contributed by atoms with van der Waals surface area (Å²) in [7, 11) is -3.11. The molecule has 0 saturated carbocycles. The van der Waals surface area contributed by atoms with Crippen molar-refractivity contribution in [2.75, 3.05) is 37.1 Å². The van der Waals surface area contributed by atoms with Crippen LogP contribution in [-0.4, -0.2) is 45.2 Å². The van der Waals surface area contributed by atoms with Gasteiger partial charge in [0, 0.05) is 48.2 Å². The van der Waals surface area contributed by atoms with Crippen LogP contribution in [0.4, 0.5) is 10.1 Å². The first-order chi connectivity index (χ1) is 11.8. The standard InChI is InChI=1S/C18H23FN2O3S/c1-13-9-17(15-10-14(19)3-4-16(15)21-13)20-11-18(12-25(2,22)23)5-7-24-8-6-18/h3-4,9-10H,5-8,11-12H2,1-2H3,(H,20,21). The van der Waals surface area contributed by atoms with E-state index in [9.17, 15) is 12.8 Å². The van der Waals surface area contributed by atoms with E-state index >= 15 is 0 Å². The quantitative estimate of drug-likeness (QED) is 0.881. The number of hydrogen-bond acceptors (Lipinski definition) is 5. The van der Waals surface area contributed by atoms with E-state index < -0.39 is 9.84 Å². The second-order valence-electron chi connectivity index (χ2n) is 7.01. The van der Waals surface area contributed by atoms with Gasteiger partial charge in [-0.2, -0.15) is 0 Å². The van der Waals surface area contributed by atoms with Gasteiger partial charge in [-0.3, -0.25) is 4.98 Å². The van der Waals surface area contributed by atoms with Crippen molar-refractivity contribution < 1.29 is 17.5 Å². The average Bonchev–Trinajstić information content (AvgIpc) is 2.52. The van der Waals surface area contributed by atoms with Crippen molar-refractivity contribution in [2.24, 2.45) is 5.41 Å². The summed E-state index contributed by atoms with van der Waals surface area (Å²) in [6.07, 6.45) is 2.64. The normalized spacial score (nSPS) is 17.6. The largest absolute Gasteiger partial charge is 0.384 e. The number of ether oxygens (including phenoxy) is 1. The van der Waals surface area contributed by atoms with E-state index in [2.05, 4.69) is 10.3 Å². The third kappa shape index (κ3) is 4.46. The third-order valence-corrected chi connectivity index (χ3v) is 5.81. The highest BCUT2D eigenvalue weighted by molar-refractivity contribution is 7.90. The molecule has 0 spiro atoms. The first-order valence-electron chi connectivity index (χ1n) is 8.33. The molecule has 1 aromatic heterocycles. The van der Waals surface area contributed by atoms with Crippen molar-refractivity contribution in [3.05, 3.63) is 35.8 Å². The molecule has 7 heteroatoms. The van der Waals surface area contributed by atoms with E-state index in [0.717, 1.165) is 11.4 Å². The molecule has 0 radical (unpaired) electrons. The minimum atomic E-state index is -3.11. The van der Waals surface area contributed by atoms with E-state index in [1.165, 1.54) is 18.4 Å². The molecule has 2 aromatic rings. The maximum absolute atomic E-state index is 13.7. The molecule has 1 aliphatic rings. The number of halogens is 1. The first-order valence-corrected chi connectivity index (χ1v) is 10.4. The Kier molecular flexibility index (Phi) is 4.97. The van der Waals surface area contributed by atoms with Crippen molar-refractivity contribution in [3.8, 4) is 0 Å². The van der Waals surface area contributed by atoms with Gasteiger partial charge >= 0.3 is 0 Å². The second kappa shape index (κ2) is 6.88. The molecule has 0 amide bonds. The maximum atomic E-state index is 13.7. The minimum Gasteiger partial charge on any atom is -0.384 e. The molecule has 136 valence electrons. The van der Waals surface area contributed by atoms with Crippen LogP contribution in [0.3, 0.4) is 0 Å². The average molecular weight is 366 g/mol. The topological polar surface area (TPSA) is 68.3 Å². The summed E-state index contributed by atoms with van der Waals surface area (Å²) in [5, 5.41) is 4.06. The zero-order valence-electron chi connectivity index (χ0n) is 14.5. The van der Waals surface area contributed by atoms with Crippen LogP contribution in [0, 0.1) is 18.2 Å². The van der Waals surface area contributed by atoms with Crippen molar-refractivity contribution in [1.82, 2.24) is 4.98 Å². The molecule has 3 rings (SSSR count). The number of nitrogens with zero attached hydrogens (tertiary/aromatic N) is 1. The lowest BCUT2D eigenvalue weighted by atomic mass is 9.82. The Morgan fingerprint density at radius 2 is 2.00 bits per heavy atom. The van der Waals surface area contributed by atoms with E-state index in [4.69, 9.17) is 4.74 Å². The van der Waals surface area contributed by atoms with Crippen LogP contribution in [0.2, 0.25) is 0 Å². The van der Waals surface area contributed by atoms with Gasteiger partial charge in [0.1, 0.15) is 15.7 Å². The molecular weight excluding hydrogens is 343 g/mol. The summed E-state index contributed by atoms with van der Waals surface area (Å²) in [5.74, 6) is -0.203. The van der Waals surface area contributed by atoms with Crippen molar-refractivity contribution in [3.63, 3.8) is 0 Å². The third-order valence-electron chi connectivity index (χ3n) is 4.67. The van der Waals surface area contributed by atoms with Crippen LogP contribution >= 0.6 is 0 Å². The van der Waals surface area contributed by atoms with Gasteiger partial charge in [0.2, 0.25) is 0 Å². The summed E-state index contributed by atoms with van der Waals surface area (Å²) in [6, 6.07) is 6.37. The molecule has 5 nitrogen and oxygen atoms in total. The number of nitrogens with one attached hydrogen (secondary N) is 1. The van der Waals surface area contributed by atoms with Crippen LogP contribution in [0.1, 0.15) is 18.5 Å². The summed E-state index contributed by atoms with van der Waals surface area (Å²) < 4.78 is 42.9. The summed E-state index contributed by atoms with van der Waals surface area (Å²) >= 11 is 0. The Morgan fingerprint density at radius 3 is 2.68 bits per heavy atom. The van der Waals surface area contributed by atoms with E-state index in [1.807, 2.05) is 13.0 Å². The molecule has 2 heterocycles. The number of aromatic nitrogens is 1. The van der Waals surface area contributed by atoms with Gasteiger partial charge in [0.25, 0.3) is 0 Å². The van der Waals surface area contributed by atoms with Gasteiger partial charge < -0.3 is 10.1 Å². The second-order valence-corrected chi connectivity index (χ2v) is 9.15. The Hall–Kier alpha value is -1.73.